The van der Waals surface area contributed by atoms with Gasteiger partial charge in [-0.3, -0.25) is 0 Å². The van der Waals surface area contributed by atoms with Gasteiger partial charge in [-0.1, -0.05) is 6.92 Å². The molecule has 0 aromatic carbocycles. The van der Waals surface area contributed by atoms with E-state index in [9.17, 15) is 9.90 Å². The Kier molecular flexibility index (Phi) is 3.29. The Morgan fingerprint density at radius 3 is 2.32 bits per heavy atom. The normalized spacial score (nSPS) is 38.8. The van der Waals surface area contributed by atoms with Crippen molar-refractivity contribution < 1.29 is 9.90 Å². The third kappa shape index (κ3) is 2.09. The van der Waals surface area contributed by atoms with E-state index in [1.165, 1.54) is 32.1 Å². The molecule has 5 aliphatic rings. The van der Waals surface area contributed by atoms with E-state index in [0.29, 0.717) is 6.04 Å². The van der Waals surface area contributed by atoms with Crippen LogP contribution in [-0.2, 0) is 4.79 Å². The van der Waals surface area contributed by atoms with Crippen molar-refractivity contribution in [1.82, 2.24) is 10.4 Å². The first kappa shape index (κ1) is 14.2. The Morgan fingerprint density at radius 1 is 1.23 bits per heavy atom. The number of carbonyl (C=O) groups is 1. The molecule has 1 heterocycles. The molecule has 4 saturated carbocycles. The van der Waals surface area contributed by atoms with Crippen LogP contribution in [0, 0.1) is 23.7 Å². The van der Waals surface area contributed by atoms with Gasteiger partial charge < -0.3 is 10.1 Å². The fourth-order valence-corrected chi connectivity index (χ4v) is 5.50. The summed E-state index contributed by atoms with van der Waals surface area (Å²) < 4.78 is 0. The van der Waals surface area contributed by atoms with E-state index in [-0.39, 0.29) is 5.71 Å². The second-order valence-corrected chi connectivity index (χ2v) is 7.56. The van der Waals surface area contributed by atoms with Gasteiger partial charge in [0.2, 0.25) is 0 Å². The maximum absolute atomic E-state index is 11.3. The van der Waals surface area contributed by atoms with Gasteiger partial charge in [-0.25, -0.2) is 15.2 Å². The molecule has 0 radical (unpaired) electrons. The van der Waals surface area contributed by atoms with Crippen molar-refractivity contribution in [3.63, 3.8) is 0 Å². The van der Waals surface area contributed by atoms with Crippen molar-refractivity contribution in [2.24, 2.45) is 28.7 Å². The number of carboxylic acids is 1. The van der Waals surface area contributed by atoms with Crippen LogP contribution in [0.5, 0.6) is 0 Å². The van der Waals surface area contributed by atoms with E-state index in [1.807, 2.05) is 19.0 Å². The summed E-state index contributed by atoms with van der Waals surface area (Å²) in [5, 5.41) is 11.2. The average Bonchev–Trinajstić information content (AvgIpc) is 2.41. The number of nitrogens with zero attached hydrogens (tertiary/aromatic N) is 2. The van der Waals surface area contributed by atoms with Gasteiger partial charge in [0.1, 0.15) is 5.70 Å². The molecule has 5 nitrogen and oxygen atoms in total. The van der Waals surface area contributed by atoms with E-state index < -0.39 is 5.97 Å². The standard InChI is InChI=1S/C17H25N3O2/c1-3-13-16(15(18-13)17(21)22)20(2)19-14-11-5-9-4-10(7-11)8-12(14)6-9/h9-12,14,19H,3-8H2,1-2H3,(H,21,22). The van der Waals surface area contributed by atoms with Crippen molar-refractivity contribution in [3.05, 3.63) is 11.4 Å². The number of allylic oxidation sites excluding steroid dienone is 1. The lowest BCUT2D eigenvalue weighted by Crippen LogP contribution is -2.58. The summed E-state index contributed by atoms with van der Waals surface area (Å²) >= 11 is 0. The van der Waals surface area contributed by atoms with E-state index in [2.05, 4.69) is 10.4 Å². The van der Waals surface area contributed by atoms with Crippen molar-refractivity contribution in [1.29, 1.82) is 0 Å². The molecule has 0 unspecified atom stereocenters. The molecule has 2 N–H and O–H groups in total. The first-order valence-corrected chi connectivity index (χ1v) is 8.62. The summed E-state index contributed by atoms with van der Waals surface area (Å²) in [7, 11) is 1.95. The molecule has 120 valence electrons. The van der Waals surface area contributed by atoms with Crippen LogP contribution in [0.2, 0.25) is 0 Å². The van der Waals surface area contributed by atoms with Crippen LogP contribution in [0.1, 0.15) is 45.4 Å². The predicted octanol–water partition coefficient (Wildman–Crippen LogP) is 2.41. The zero-order valence-corrected chi connectivity index (χ0v) is 13.4. The summed E-state index contributed by atoms with van der Waals surface area (Å²) in [5.41, 5.74) is 5.53. The lowest BCUT2D eigenvalue weighted by molar-refractivity contribution is -0.129. The zero-order valence-electron chi connectivity index (χ0n) is 13.4. The number of hydrazine groups is 1. The van der Waals surface area contributed by atoms with Crippen LogP contribution in [0.4, 0.5) is 0 Å². The van der Waals surface area contributed by atoms with Crippen molar-refractivity contribution in [3.8, 4) is 0 Å². The highest BCUT2D eigenvalue weighted by atomic mass is 16.4. The Hall–Kier alpha value is -1.36. The highest BCUT2D eigenvalue weighted by Crippen LogP contribution is 2.53. The lowest BCUT2D eigenvalue weighted by atomic mass is 9.54. The second-order valence-electron chi connectivity index (χ2n) is 7.56. The average molecular weight is 303 g/mol. The maximum atomic E-state index is 11.3. The number of carboxylic acid groups (broad SMARTS) is 1. The molecule has 0 saturated heterocycles. The van der Waals surface area contributed by atoms with Crippen molar-refractivity contribution >= 4 is 11.7 Å². The molecule has 22 heavy (non-hydrogen) atoms. The number of hydrogen-bond donors (Lipinski definition) is 2. The molecular weight excluding hydrogens is 278 g/mol. The van der Waals surface area contributed by atoms with Gasteiger partial charge >= 0.3 is 5.97 Å². The number of aliphatic carboxylic acids is 1. The summed E-state index contributed by atoms with van der Waals surface area (Å²) in [4.78, 5) is 15.4. The Labute approximate surface area is 131 Å². The molecule has 0 aromatic heterocycles. The van der Waals surface area contributed by atoms with Gasteiger partial charge in [0, 0.05) is 13.1 Å². The summed E-state index contributed by atoms with van der Waals surface area (Å²) in [5.74, 6) is 2.53. The monoisotopic (exact) mass is 303 g/mol. The summed E-state index contributed by atoms with van der Waals surface area (Å²) in [6.45, 7) is 2.02. The van der Waals surface area contributed by atoms with Crippen LogP contribution in [0.25, 0.3) is 0 Å². The van der Waals surface area contributed by atoms with Gasteiger partial charge in [-0.15, -0.1) is 0 Å². The summed E-state index contributed by atoms with van der Waals surface area (Å²) in [6, 6.07) is 0.513. The highest BCUT2D eigenvalue weighted by Gasteiger charge is 2.48. The maximum Gasteiger partial charge on any atom is 0.356 e. The first-order valence-electron chi connectivity index (χ1n) is 8.62. The van der Waals surface area contributed by atoms with Crippen LogP contribution in [0.3, 0.4) is 0 Å². The molecule has 4 fully saturated rings. The van der Waals surface area contributed by atoms with Crippen molar-refractivity contribution in [2.45, 2.75) is 51.5 Å². The van der Waals surface area contributed by atoms with Gasteiger partial charge in [0.15, 0.2) is 5.71 Å². The van der Waals surface area contributed by atoms with Crippen LogP contribution < -0.4 is 5.43 Å². The highest BCUT2D eigenvalue weighted by molar-refractivity contribution is 6.44. The molecule has 4 aliphatic carbocycles. The molecule has 5 rings (SSSR count). The number of rotatable bonds is 5. The molecule has 0 spiro atoms. The first-order chi connectivity index (χ1) is 10.6. The van der Waals surface area contributed by atoms with Gasteiger partial charge in [-0.05, 0) is 62.2 Å². The van der Waals surface area contributed by atoms with Gasteiger partial charge in [-0.2, -0.15) is 0 Å². The minimum absolute atomic E-state index is 0.204. The predicted molar refractivity (Wildman–Crippen MR) is 84.1 cm³/mol. The lowest BCUT2D eigenvalue weighted by Gasteiger charge is -2.55. The fourth-order valence-electron chi connectivity index (χ4n) is 5.50. The molecule has 4 bridgehead atoms. The third-order valence-electron chi connectivity index (χ3n) is 6.19. The number of aliphatic imine (C=N–C) groups is 1. The quantitative estimate of drug-likeness (QED) is 0.766. The molecule has 0 amide bonds. The topological polar surface area (TPSA) is 64.9 Å². The van der Waals surface area contributed by atoms with Crippen LogP contribution in [-0.4, -0.2) is 34.9 Å². The van der Waals surface area contributed by atoms with E-state index in [1.54, 1.807) is 0 Å². The van der Waals surface area contributed by atoms with Crippen LogP contribution in [0.15, 0.2) is 16.4 Å². The molecular formula is C17H25N3O2. The van der Waals surface area contributed by atoms with E-state index >= 15 is 0 Å². The number of hydrogen-bond acceptors (Lipinski definition) is 4. The molecule has 0 aromatic rings. The SMILES string of the molecule is CCC1=C(N(C)NC2C3CC4CC(C3)CC2C4)C(C(=O)O)=N1. The minimum Gasteiger partial charge on any atom is -0.476 e. The fraction of sp³-hybridized carbons (Fsp3) is 0.765. The second kappa shape index (κ2) is 5.08. The van der Waals surface area contributed by atoms with Gasteiger partial charge in [0.25, 0.3) is 0 Å². The third-order valence-corrected chi connectivity index (χ3v) is 6.19. The van der Waals surface area contributed by atoms with E-state index in [0.717, 1.165) is 41.5 Å². The molecule has 0 atom stereocenters. The Balaban J connectivity index is 1.48. The van der Waals surface area contributed by atoms with E-state index in [4.69, 9.17) is 0 Å². The van der Waals surface area contributed by atoms with Crippen LogP contribution >= 0.6 is 0 Å². The number of nitrogens with one attached hydrogen (secondary N) is 1. The van der Waals surface area contributed by atoms with Crippen molar-refractivity contribution in [2.75, 3.05) is 7.05 Å². The summed E-state index contributed by atoms with van der Waals surface area (Å²) in [6.07, 6.45) is 7.67. The zero-order chi connectivity index (χ0) is 15.4. The molecule has 5 heteroatoms. The molecule has 1 aliphatic heterocycles. The largest absolute Gasteiger partial charge is 0.476 e. The van der Waals surface area contributed by atoms with Gasteiger partial charge in [0.05, 0.1) is 5.70 Å². The Bertz CT molecular complexity index is 538. The smallest absolute Gasteiger partial charge is 0.356 e. The Morgan fingerprint density at radius 2 is 1.82 bits per heavy atom. The minimum atomic E-state index is -0.925.